The standard InChI is InChI=1S/C13H21NO7/c1-4-13(2,3)10(15)18-6-5-14-11(16)19-7-9-8-20-12(17)21-9/h9H,4-8H2,1-3H3,(H,14,16). The number of esters is 1. The molecule has 1 unspecified atom stereocenters. The van der Waals surface area contributed by atoms with Gasteiger partial charge in [-0.2, -0.15) is 0 Å². The summed E-state index contributed by atoms with van der Waals surface area (Å²) < 4.78 is 19.1. The molecule has 0 spiro atoms. The Bertz CT molecular complexity index is 394. The molecule has 0 aromatic carbocycles. The zero-order chi connectivity index (χ0) is 15.9. The summed E-state index contributed by atoms with van der Waals surface area (Å²) in [5.41, 5.74) is -0.535. The molecule has 1 saturated heterocycles. The van der Waals surface area contributed by atoms with E-state index < -0.39 is 23.8 Å². The minimum Gasteiger partial charge on any atom is -0.463 e. The van der Waals surface area contributed by atoms with Gasteiger partial charge in [0.25, 0.3) is 0 Å². The third-order valence-electron chi connectivity index (χ3n) is 3.09. The van der Waals surface area contributed by atoms with E-state index in [0.29, 0.717) is 6.42 Å². The molecule has 1 rings (SSSR count). The van der Waals surface area contributed by atoms with Crippen LogP contribution in [-0.2, 0) is 23.7 Å². The van der Waals surface area contributed by atoms with Crippen molar-refractivity contribution >= 4 is 18.2 Å². The molecule has 0 bridgehead atoms. The largest absolute Gasteiger partial charge is 0.508 e. The van der Waals surface area contributed by atoms with Gasteiger partial charge in [0.15, 0.2) is 6.10 Å². The van der Waals surface area contributed by atoms with Crippen LogP contribution in [0, 0.1) is 5.41 Å². The Hall–Kier alpha value is -1.99. The normalized spacial score (nSPS) is 17.7. The fraction of sp³-hybridized carbons (Fsp3) is 0.769. The van der Waals surface area contributed by atoms with Gasteiger partial charge in [0.2, 0.25) is 0 Å². The van der Waals surface area contributed by atoms with Gasteiger partial charge in [-0.3, -0.25) is 4.79 Å². The van der Waals surface area contributed by atoms with Gasteiger partial charge in [-0.15, -0.1) is 0 Å². The van der Waals surface area contributed by atoms with Gasteiger partial charge in [0.05, 0.1) is 12.0 Å². The van der Waals surface area contributed by atoms with E-state index in [0.717, 1.165) is 0 Å². The molecular weight excluding hydrogens is 282 g/mol. The molecule has 1 atom stereocenters. The number of carbonyl (C=O) groups excluding carboxylic acids is 3. The summed E-state index contributed by atoms with van der Waals surface area (Å²) >= 11 is 0. The molecule has 0 aromatic heterocycles. The molecule has 1 aliphatic heterocycles. The van der Waals surface area contributed by atoms with E-state index in [1.54, 1.807) is 13.8 Å². The molecule has 0 aliphatic carbocycles. The SMILES string of the molecule is CCC(C)(C)C(=O)OCCNC(=O)OCC1COC(=O)O1. The van der Waals surface area contributed by atoms with Crippen LogP contribution in [-0.4, -0.2) is 50.7 Å². The first-order valence-electron chi connectivity index (χ1n) is 6.76. The van der Waals surface area contributed by atoms with Crippen molar-refractivity contribution in [3.63, 3.8) is 0 Å². The lowest BCUT2D eigenvalue weighted by Crippen LogP contribution is -2.33. The number of amides is 1. The van der Waals surface area contributed by atoms with Crippen LogP contribution in [0.4, 0.5) is 9.59 Å². The number of ether oxygens (including phenoxy) is 4. The average molecular weight is 303 g/mol. The van der Waals surface area contributed by atoms with Gasteiger partial charge in [-0.25, -0.2) is 9.59 Å². The van der Waals surface area contributed by atoms with E-state index in [1.807, 2.05) is 6.92 Å². The minimum atomic E-state index is -0.769. The van der Waals surface area contributed by atoms with Crippen LogP contribution in [0.3, 0.4) is 0 Å². The van der Waals surface area contributed by atoms with E-state index in [-0.39, 0.29) is 32.3 Å². The highest BCUT2D eigenvalue weighted by atomic mass is 16.8. The summed E-state index contributed by atoms with van der Waals surface area (Å²) in [5.74, 6) is -0.310. The van der Waals surface area contributed by atoms with E-state index >= 15 is 0 Å². The van der Waals surface area contributed by atoms with Crippen LogP contribution in [0.25, 0.3) is 0 Å². The molecule has 1 aliphatic rings. The van der Waals surface area contributed by atoms with Crippen molar-refractivity contribution in [3.8, 4) is 0 Å². The molecular formula is C13H21NO7. The Labute approximate surface area is 123 Å². The van der Waals surface area contributed by atoms with Crippen LogP contribution in [0.2, 0.25) is 0 Å². The number of rotatable bonds is 7. The second-order valence-electron chi connectivity index (χ2n) is 5.20. The second-order valence-corrected chi connectivity index (χ2v) is 5.20. The second kappa shape index (κ2) is 7.70. The van der Waals surface area contributed by atoms with Gasteiger partial charge < -0.3 is 24.3 Å². The third kappa shape index (κ3) is 5.88. The molecule has 8 nitrogen and oxygen atoms in total. The number of hydrogen-bond acceptors (Lipinski definition) is 7. The zero-order valence-corrected chi connectivity index (χ0v) is 12.5. The van der Waals surface area contributed by atoms with Crippen LogP contribution in [0.5, 0.6) is 0 Å². The smallest absolute Gasteiger partial charge is 0.463 e. The molecule has 120 valence electrons. The summed E-state index contributed by atoms with van der Waals surface area (Å²) in [6, 6.07) is 0. The van der Waals surface area contributed by atoms with Crippen molar-refractivity contribution in [2.45, 2.75) is 33.3 Å². The maximum Gasteiger partial charge on any atom is 0.508 e. The van der Waals surface area contributed by atoms with E-state index in [1.165, 1.54) is 0 Å². The summed E-state index contributed by atoms with van der Waals surface area (Å²) in [6.45, 7) is 5.68. The molecule has 21 heavy (non-hydrogen) atoms. The highest BCUT2D eigenvalue weighted by Crippen LogP contribution is 2.21. The predicted molar refractivity (Wildman–Crippen MR) is 70.6 cm³/mol. The first kappa shape index (κ1) is 17.1. The lowest BCUT2D eigenvalue weighted by Gasteiger charge is -2.20. The quantitative estimate of drug-likeness (QED) is 0.429. The number of carbonyl (C=O) groups is 3. The zero-order valence-electron chi connectivity index (χ0n) is 12.5. The molecule has 1 N–H and O–H groups in total. The maximum absolute atomic E-state index is 11.6. The fourth-order valence-electron chi connectivity index (χ4n) is 1.30. The Balaban J connectivity index is 2.08. The topological polar surface area (TPSA) is 100 Å². The van der Waals surface area contributed by atoms with E-state index in [9.17, 15) is 14.4 Å². The molecule has 8 heteroatoms. The Morgan fingerprint density at radius 3 is 2.67 bits per heavy atom. The van der Waals surface area contributed by atoms with Crippen LogP contribution in [0.15, 0.2) is 0 Å². The number of nitrogens with one attached hydrogen (secondary N) is 1. The van der Waals surface area contributed by atoms with Gasteiger partial charge in [0, 0.05) is 0 Å². The summed E-state index contributed by atoms with van der Waals surface area (Å²) in [5, 5.41) is 2.42. The molecule has 1 amide bonds. The Kier molecular flexibility index (Phi) is 6.26. The predicted octanol–water partition coefficient (Wildman–Crippen LogP) is 1.23. The minimum absolute atomic E-state index is 0.0653. The highest BCUT2D eigenvalue weighted by Gasteiger charge is 2.27. The Morgan fingerprint density at radius 1 is 1.38 bits per heavy atom. The summed E-state index contributed by atoms with van der Waals surface area (Å²) in [4.78, 5) is 33.6. The first-order valence-corrected chi connectivity index (χ1v) is 6.76. The average Bonchev–Trinajstić information content (AvgIpc) is 2.86. The van der Waals surface area contributed by atoms with Crippen molar-refractivity contribution in [1.29, 1.82) is 0 Å². The number of alkyl carbamates (subject to hydrolysis) is 1. The van der Waals surface area contributed by atoms with Crippen molar-refractivity contribution in [2.24, 2.45) is 5.41 Å². The Morgan fingerprint density at radius 2 is 2.10 bits per heavy atom. The monoisotopic (exact) mass is 303 g/mol. The lowest BCUT2D eigenvalue weighted by molar-refractivity contribution is -0.153. The lowest BCUT2D eigenvalue weighted by atomic mass is 9.91. The molecule has 1 heterocycles. The molecule has 0 saturated carbocycles. The first-order chi connectivity index (χ1) is 9.85. The van der Waals surface area contributed by atoms with E-state index in [4.69, 9.17) is 9.47 Å². The van der Waals surface area contributed by atoms with Crippen molar-refractivity contribution in [3.05, 3.63) is 0 Å². The van der Waals surface area contributed by atoms with Crippen LogP contribution < -0.4 is 5.32 Å². The van der Waals surface area contributed by atoms with Crippen molar-refractivity contribution in [1.82, 2.24) is 5.32 Å². The van der Waals surface area contributed by atoms with Gasteiger partial charge in [-0.05, 0) is 20.3 Å². The van der Waals surface area contributed by atoms with E-state index in [2.05, 4.69) is 14.8 Å². The van der Waals surface area contributed by atoms with Gasteiger partial charge in [-0.1, -0.05) is 6.92 Å². The van der Waals surface area contributed by atoms with Gasteiger partial charge >= 0.3 is 18.2 Å². The molecule has 0 aromatic rings. The van der Waals surface area contributed by atoms with Crippen LogP contribution >= 0.6 is 0 Å². The van der Waals surface area contributed by atoms with Crippen molar-refractivity contribution < 1.29 is 33.3 Å². The van der Waals surface area contributed by atoms with Crippen LogP contribution in [0.1, 0.15) is 27.2 Å². The third-order valence-corrected chi connectivity index (χ3v) is 3.09. The molecule has 1 fully saturated rings. The van der Waals surface area contributed by atoms with Crippen molar-refractivity contribution in [2.75, 3.05) is 26.4 Å². The fourth-order valence-corrected chi connectivity index (χ4v) is 1.30. The number of hydrogen-bond donors (Lipinski definition) is 1. The summed E-state index contributed by atoms with van der Waals surface area (Å²) in [6.07, 6.45) is -1.35. The maximum atomic E-state index is 11.6. The highest BCUT2D eigenvalue weighted by molar-refractivity contribution is 5.75. The summed E-state index contributed by atoms with van der Waals surface area (Å²) in [7, 11) is 0. The number of cyclic esters (lactones) is 2. The van der Waals surface area contributed by atoms with Gasteiger partial charge in [0.1, 0.15) is 19.8 Å². The molecule has 0 radical (unpaired) electrons.